The van der Waals surface area contributed by atoms with E-state index >= 15 is 0 Å². The van der Waals surface area contributed by atoms with Gasteiger partial charge in [-0.25, -0.2) is 4.68 Å². The van der Waals surface area contributed by atoms with Crippen LogP contribution in [0.25, 0.3) is 0 Å². The van der Waals surface area contributed by atoms with Crippen molar-refractivity contribution in [1.29, 1.82) is 0 Å². The highest BCUT2D eigenvalue weighted by Gasteiger charge is 2.18. The first-order valence-corrected chi connectivity index (χ1v) is 9.25. The minimum atomic E-state index is -2.89. The Balaban J connectivity index is 1.74. The lowest BCUT2D eigenvalue weighted by Gasteiger charge is -2.20. The van der Waals surface area contributed by atoms with Crippen molar-refractivity contribution < 1.29 is 18.3 Å². The Kier molecular flexibility index (Phi) is 6.53. The van der Waals surface area contributed by atoms with Gasteiger partial charge >= 0.3 is 6.61 Å². The van der Waals surface area contributed by atoms with Crippen LogP contribution in [-0.4, -0.2) is 38.5 Å². The highest BCUT2D eigenvalue weighted by atomic mass is 32.2. The van der Waals surface area contributed by atoms with Crippen molar-refractivity contribution in [3.8, 4) is 5.75 Å². The molecule has 1 aromatic heterocycles. The van der Waals surface area contributed by atoms with E-state index in [1.807, 2.05) is 30.3 Å². The summed E-state index contributed by atoms with van der Waals surface area (Å²) in [5.74, 6) is -0.0265. The predicted molar refractivity (Wildman–Crippen MR) is 99.0 cm³/mol. The number of amides is 1. The largest absolute Gasteiger partial charge is 0.435 e. The standard InChI is InChI=1S/C18H17F2N5O2S/c1-25-18(22-23-24-25)28-11-15(26)21-16(12-5-3-2-4-6-12)13-7-9-14(10-8-13)27-17(19)20/h2-10,16-17H,11H2,1H3,(H,21,26)/t16-/m1/s1. The number of alkyl halides is 2. The normalized spacial score (nSPS) is 12.0. The van der Waals surface area contributed by atoms with E-state index in [0.29, 0.717) is 5.16 Å². The first kappa shape index (κ1) is 19.7. The van der Waals surface area contributed by atoms with E-state index in [1.165, 1.54) is 28.6 Å². The summed E-state index contributed by atoms with van der Waals surface area (Å²) >= 11 is 1.21. The molecule has 1 N–H and O–H groups in total. The van der Waals surface area contributed by atoms with Gasteiger partial charge in [-0.15, -0.1) is 5.10 Å². The van der Waals surface area contributed by atoms with Gasteiger partial charge in [-0.3, -0.25) is 4.79 Å². The SMILES string of the molecule is Cn1nnnc1SCC(=O)N[C@H](c1ccccc1)c1ccc(OC(F)F)cc1. The van der Waals surface area contributed by atoms with Gasteiger partial charge in [-0.05, 0) is 33.7 Å². The number of ether oxygens (including phenoxy) is 1. The number of aromatic nitrogens is 4. The zero-order chi connectivity index (χ0) is 19.9. The van der Waals surface area contributed by atoms with Gasteiger partial charge in [-0.1, -0.05) is 54.2 Å². The second-order valence-corrected chi connectivity index (χ2v) is 6.67. The smallest absolute Gasteiger partial charge is 0.387 e. The third kappa shape index (κ3) is 5.26. The maximum Gasteiger partial charge on any atom is 0.387 e. The van der Waals surface area contributed by atoms with Gasteiger partial charge in [0.1, 0.15) is 5.75 Å². The third-order valence-electron chi connectivity index (χ3n) is 3.79. The highest BCUT2D eigenvalue weighted by Crippen LogP contribution is 2.25. The Morgan fingerprint density at radius 1 is 1.14 bits per heavy atom. The number of tetrazole rings is 1. The van der Waals surface area contributed by atoms with Crippen molar-refractivity contribution in [2.24, 2.45) is 7.05 Å². The van der Waals surface area contributed by atoms with Crippen molar-refractivity contribution in [3.63, 3.8) is 0 Å². The van der Waals surface area contributed by atoms with Crippen LogP contribution < -0.4 is 10.1 Å². The molecule has 28 heavy (non-hydrogen) atoms. The van der Waals surface area contributed by atoms with Crippen LogP contribution in [0.4, 0.5) is 8.78 Å². The van der Waals surface area contributed by atoms with Crippen LogP contribution in [0, 0.1) is 0 Å². The molecule has 10 heteroatoms. The topological polar surface area (TPSA) is 81.9 Å². The predicted octanol–water partition coefficient (Wildman–Crippen LogP) is 2.81. The van der Waals surface area contributed by atoms with E-state index in [-0.39, 0.29) is 17.4 Å². The number of nitrogens with zero attached hydrogens (tertiary/aromatic N) is 4. The number of carbonyl (C=O) groups is 1. The maximum absolute atomic E-state index is 12.5. The minimum absolute atomic E-state index is 0.0576. The summed E-state index contributed by atoms with van der Waals surface area (Å²) < 4.78 is 30.6. The molecule has 1 heterocycles. The molecule has 0 aliphatic rings. The lowest BCUT2D eigenvalue weighted by Crippen LogP contribution is -2.30. The van der Waals surface area contributed by atoms with Crippen LogP contribution in [0.2, 0.25) is 0 Å². The number of hydrogen-bond donors (Lipinski definition) is 1. The molecule has 0 saturated carbocycles. The molecular formula is C18H17F2N5O2S. The first-order chi connectivity index (χ1) is 13.5. The quantitative estimate of drug-likeness (QED) is 0.581. The van der Waals surface area contributed by atoms with E-state index in [1.54, 1.807) is 19.2 Å². The van der Waals surface area contributed by atoms with Crippen molar-refractivity contribution in [1.82, 2.24) is 25.5 Å². The lowest BCUT2D eigenvalue weighted by molar-refractivity contribution is -0.119. The molecule has 0 bridgehead atoms. The Morgan fingerprint density at radius 2 is 1.82 bits per heavy atom. The van der Waals surface area contributed by atoms with E-state index < -0.39 is 12.7 Å². The summed E-state index contributed by atoms with van der Waals surface area (Å²) in [7, 11) is 1.69. The van der Waals surface area contributed by atoms with Gasteiger partial charge in [0.15, 0.2) is 0 Å². The fourth-order valence-electron chi connectivity index (χ4n) is 2.52. The van der Waals surface area contributed by atoms with Gasteiger partial charge in [0.2, 0.25) is 11.1 Å². The number of aryl methyl sites for hydroxylation is 1. The molecule has 0 fully saturated rings. The van der Waals surface area contributed by atoms with Gasteiger partial charge < -0.3 is 10.1 Å². The minimum Gasteiger partial charge on any atom is -0.435 e. The highest BCUT2D eigenvalue weighted by molar-refractivity contribution is 7.99. The number of halogens is 2. The molecule has 0 spiro atoms. The van der Waals surface area contributed by atoms with Crippen molar-refractivity contribution in [3.05, 3.63) is 65.7 Å². The molecule has 3 rings (SSSR count). The number of carbonyl (C=O) groups excluding carboxylic acids is 1. The molecule has 0 saturated heterocycles. The van der Waals surface area contributed by atoms with Crippen molar-refractivity contribution >= 4 is 17.7 Å². The molecule has 0 aliphatic carbocycles. The van der Waals surface area contributed by atoms with Crippen LogP contribution in [0.3, 0.4) is 0 Å². The van der Waals surface area contributed by atoms with Crippen LogP contribution in [0.5, 0.6) is 5.75 Å². The molecule has 2 aromatic carbocycles. The summed E-state index contributed by atoms with van der Waals surface area (Å²) in [4.78, 5) is 12.5. The fourth-order valence-corrected chi connectivity index (χ4v) is 3.18. The second kappa shape index (κ2) is 9.27. The molecule has 1 atom stereocenters. The van der Waals surface area contributed by atoms with E-state index in [4.69, 9.17) is 0 Å². The Bertz CT molecular complexity index is 906. The van der Waals surface area contributed by atoms with Gasteiger partial charge in [0.05, 0.1) is 11.8 Å². The van der Waals surface area contributed by atoms with Crippen LogP contribution >= 0.6 is 11.8 Å². The summed E-state index contributed by atoms with van der Waals surface area (Å²) in [6.45, 7) is -2.89. The van der Waals surface area contributed by atoms with Gasteiger partial charge in [0, 0.05) is 7.05 Å². The fraction of sp³-hybridized carbons (Fsp3) is 0.222. The number of rotatable bonds is 8. The first-order valence-electron chi connectivity index (χ1n) is 8.27. The summed E-state index contributed by atoms with van der Waals surface area (Å²) in [5, 5.41) is 14.6. The zero-order valence-electron chi connectivity index (χ0n) is 14.8. The molecule has 0 radical (unpaired) electrons. The number of hydrogen-bond acceptors (Lipinski definition) is 6. The molecule has 3 aromatic rings. The van der Waals surface area contributed by atoms with E-state index in [2.05, 4.69) is 25.6 Å². The van der Waals surface area contributed by atoms with Crippen LogP contribution in [-0.2, 0) is 11.8 Å². The molecule has 7 nitrogen and oxygen atoms in total. The number of benzene rings is 2. The number of thioether (sulfide) groups is 1. The van der Waals surface area contributed by atoms with Gasteiger partial charge in [-0.2, -0.15) is 8.78 Å². The Morgan fingerprint density at radius 3 is 2.43 bits per heavy atom. The second-order valence-electron chi connectivity index (χ2n) is 5.73. The monoisotopic (exact) mass is 405 g/mol. The maximum atomic E-state index is 12.5. The van der Waals surface area contributed by atoms with Crippen LogP contribution in [0.15, 0.2) is 59.8 Å². The lowest BCUT2D eigenvalue weighted by atomic mass is 9.98. The summed E-state index contributed by atoms with van der Waals surface area (Å²) in [6.07, 6.45) is 0. The van der Waals surface area contributed by atoms with E-state index in [9.17, 15) is 13.6 Å². The zero-order valence-corrected chi connectivity index (χ0v) is 15.6. The third-order valence-corrected chi connectivity index (χ3v) is 4.80. The molecule has 146 valence electrons. The van der Waals surface area contributed by atoms with Gasteiger partial charge in [0.25, 0.3) is 0 Å². The average molecular weight is 405 g/mol. The summed E-state index contributed by atoms with van der Waals surface area (Å²) in [6, 6.07) is 15.1. The number of nitrogens with one attached hydrogen (secondary N) is 1. The molecule has 0 unspecified atom stereocenters. The van der Waals surface area contributed by atoms with Crippen molar-refractivity contribution in [2.75, 3.05) is 5.75 Å². The average Bonchev–Trinajstić information content (AvgIpc) is 3.10. The van der Waals surface area contributed by atoms with E-state index in [0.717, 1.165) is 11.1 Å². The Hall–Kier alpha value is -3.01. The molecule has 1 amide bonds. The molecule has 0 aliphatic heterocycles. The Labute approximate surface area is 164 Å². The van der Waals surface area contributed by atoms with Crippen LogP contribution in [0.1, 0.15) is 17.2 Å². The van der Waals surface area contributed by atoms with Crippen molar-refractivity contribution in [2.45, 2.75) is 17.8 Å². The molecular weight excluding hydrogens is 388 g/mol. The summed E-state index contributed by atoms with van der Waals surface area (Å²) in [5.41, 5.74) is 1.61.